The number of methoxy groups -OCH3 is 1. The number of halogens is 1. The van der Waals surface area contributed by atoms with Crippen molar-refractivity contribution in [2.75, 3.05) is 33.3 Å². The molecule has 2 atom stereocenters. The lowest BCUT2D eigenvalue weighted by Gasteiger charge is -2.43. The van der Waals surface area contributed by atoms with E-state index < -0.39 is 6.10 Å². The van der Waals surface area contributed by atoms with Crippen LogP contribution >= 0.6 is 0 Å². The number of β-amino-alcohol motifs (C(OH)–C–C–N with tert-alkyl or cyclic N) is 1. The molecule has 2 aliphatic heterocycles. The Morgan fingerprint density at radius 3 is 2.66 bits per heavy atom. The summed E-state index contributed by atoms with van der Waals surface area (Å²) >= 11 is 0. The van der Waals surface area contributed by atoms with Crippen LogP contribution in [0.15, 0.2) is 41.0 Å². The van der Waals surface area contributed by atoms with Crippen molar-refractivity contribution >= 4 is 0 Å². The zero-order valence-electron chi connectivity index (χ0n) is 16.8. The monoisotopic (exact) mass is 404 g/mol. The second kappa shape index (κ2) is 9.15. The molecular formula is C22H29FN2O4. The Labute approximate surface area is 170 Å². The van der Waals surface area contributed by atoms with E-state index in [4.69, 9.17) is 13.9 Å². The largest absolute Gasteiger partial charge is 0.493 e. The third kappa shape index (κ3) is 4.91. The first-order chi connectivity index (χ1) is 14.1. The molecule has 6 nitrogen and oxygen atoms in total. The van der Waals surface area contributed by atoms with Gasteiger partial charge in [0, 0.05) is 38.3 Å². The van der Waals surface area contributed by atoms with E-state index in [9.17, 15) is 9.50 Å². The predicted molar refractivity (Wildman–Crippen MR) is 107 cm³/mol. The number of hydrogen-bond acceptors (Lipinski definition) is 6. The number of rotatable bonds is 6. The molecule has 7 heteroatoms. The number of piperidine rings is 2. The number of furan rings is 1. The van der Waals surface area contributed by atoms with Crippen LogP contribution in [0.4, 0.5) is 4.39 Å². The number of aliphatic hydroxyl groups excluding tert-OH is 1. The fraction of sp³-hybridized carbons (Fsp3) is 0.545. The maximum Gasteiger partial charge on any atom is 0.163 e. The van der Waals surface area contributed by atoms with Gasteiger partial charge in [-0.05, 0) is 43.5 Å². The first kappa shape index (κ1) is 20.2. The Morgan fingerprint density at radius 1 is 1.14 bits per heavy atom. The summed E-state index contributed by atoms with van der Waals surface area (Å²) in [4.78, 5) is 4.80. The Morgan fingerprint density at radius 2 is 1.97 bits per heavy atom. The fourth-order valence-electron chi connectivity index (χ4n) is 4.37. The van der Waals surface area contributed by atoms with Crippen molar-refractivity contribution in [1.29, 1.82) is 0 Å². The zero-order valence-corrected chi connectivity index (χ0v) is 16.8. The third-order valence-electron chi connectivity index (χ3n) is 5.99. The lowest BCUT2D eigenvalue weighted by Crippen LogP contribution is -2.54. The number of aliphatic hydroxyl groups is 1. The van der Waals surface area contributed by atoms with Gasteiger partial charge in [0.25, 0.3) is 0 Å². The summed E-state index contributed by atoms with van der Waals surface area (Å²) < 4.78 is 30.0. The SMILES string of the molecule is COc1cc(F)ccc1O[C@@H]1CCN(C2CCN(Cc3ccco3)CC2)C[C@H]1O. The Bertz CT molecular complexity index is 777. The molecular weight excluding hydrogens is 375 g/mol. The molecule has 0 aliphatic carbocycles. The van der Waals surface area contributed by atoms with Crippen molar-refractivity contribution < 1.29 is 23.4 Å². The lowest BCUT2D eigenvalue weighted by molar-refractivity contribution is -0.0458. The Kier molecular flexibility index (Phi) is 6.37. The van der Waals surface area contributed by atoms with Crippen molar-refractivity contribution in [2.45, 2.75) is 44.1 Å². The van der Waals surface area contributed by atoms with Crippen LogP contribution in [-0.4, -0.2) is 66.4 Å². The topological polar surface area (TPSA) is 58.3 Å². The minimum Gasteiger partial charge on any atom is -0.493 e. The van der Waals surface area contributed by atoms with Gasteiger partial charge in [-0.1, -0.05) is 0 Å². The van der Waals surface area contributed by atoms with Gasteiger partial charge in [0.2, 0.25) is 0 Å². The van der Waals surface area contributed by atoms with E-state index in [1.807, 2.05) is 12.1 Å². The first-order valence-corrected chi connectivity index (χ1v) is 10.3. The van der Waals surface area contributed by atoms with E-state index in [0.717, 1.165) is 51.2 Å². The standard InChI is InChI=1S/C22H29FN2O4/c1-27-22-13-16(23)4-5-21(22)29-20-8-11-25(15-19(20)26)17-6-9-24(10-7-17)14-18-3-2-12-28-18/h2-5,12-13,17,19-20,26H,6-11,14-15H2,1H3/t19-,20-/m1/s1. The van der Waals surface area contributed by atoms with Crippen LogP contribution in [-0.2, 0) is 6.54 Å². The number of benzene rings is 1. The van der Waals surface area contributed by atoms with Gasteiger partial charge >= 0.3 is 0 Å². The average Bonchev–Trinajstić information content (AvgIpc) is 3.24. The van der Waals surface area contributed by atoms with E-state index in [0.29, 0.717) is 24.1 Å². The highest BCUT2D eigenvalue weighted by Crippen LogP contribution is 2.31. The number of likely N-dealkylation sites (tertiary alicyclic amines) is 2. The molecule has 1 aromatic carbocycles. The van der Waals surface area contributed by atoms with Gasteiger partial charge < -0.3 is 19.0 Å². The molecule has 2 aliphatic rings. The number of ether oxygens (including phenoxy) is 2. The molecule has 2 fully saturated rings. The zero-order chi connectivity index (χ0) is 20.2. The summed E-state index contributed by atoms with van der Waals surface area (Å²) in [5.74, 6) is 1.46. The third-order valence-corrected chi connectivity index (χ3v) is 5.99. The molecule has 0 bridgehead atoms. The van der Waals surface area contributed by atoms with E-state index in [1.165, 1.54) is 19.2 Å². The summed E-state index contributed by atoms with van der Waals surface area (Å²) in [6, 6.07) is 8.63. The smallest absolute Gasteiger partial charge is 0.163 e. The number of hydrogen-bond donors (Lipinski definition) is 1. The highest BCUT2D eigenvalue weighted by atomic mass is 19.1. The predicted octanol–water partition coefficient (Wildman–Crippen LogP) is 2.91. The Hall–Kier alpha value is -2.09. The second-order valence-corrected chi connectivity index (χ2v) is 7.89. The fourth-order valence-corrected chi connectivity index (χ4v) is 4.37. The molecule has 1 N–H and O–H groups in total. The molecule has 0 radical (unpaired) electrons. The van der Waals surface area contributed by atoms with Crippen LogP contribution in [0.5, 0.6) is 11.5 Å². The molecule has 2 aromatic rings. The molecule has 2 saturated heterocycles. The van der Waals surface area contributed by atoms with Crippen molar-refractivity contribution in [3.8, 4) is 11.5 Å². The summed E-state index contributed by atoms with van der Waals surface area (Å²) in [6.45, 7) is 4.40. The first-order valence-electron chi connectivity index (χ1n) is 10.3. The van der Waals surface area contributed by atoms with Gasteiger partial charge in [-0.15, -0.1) is 0 Å². The minimum atomic E-state index is -0.584. The molecule has 0 unspecified atom stereocenters. The van der Waals surface area contributed by atoms with Crippen LogP contribution in [0.25, 0.3) is 0 Å². The molecule has 29 heavy (non-hydrogen) atoms. The summed E-state index contributed by atoms with van der Waals surface area (Å²) in [7, 11) is 1.49. The van der Waals surface area contributed by atoms with Gasteiger partial charge in [0.15, 0.2) is 11.5 Å². The molecule has 4 rings (SSSR count). The van der Waals surface area contributed by atoms with Gasteiger partial charge in [-0.25, -0.2) is 4.39 Å². The van der Waals surface area contributed by atoms with Crippen LogP contribution in [0, 0.1) is 5.82 Å². The number of nitrogens with zero attached hydrogens (tertiary/aromatic N) is 2. The maximum absolute atomic E-state index is 13.4. The van der Waals surface area contributed by atoms with Crippen molar-refractivity contribution in [3.05, 3.63) is 48.2 Å². The van der Waals surface area contributed by atoms with Crippen molar-refractivity contribution in [3.63, 3.8) is 0 Å². The molecule has 158 valence electrons. The van der Waals surface area contributed by atoms with E-state index in [-0.39, 0.29) is 11.9 Å². The van der Waals surface area contributed by atoms with Crippen LogP contribution in [0.1, 0.15) is 25.0 Å². The highest BCUT2D eigenvalue weighted by Gasteiger charge is 2.34. The van der Waals surface area contributed by atoms with E-state index in [2.05, 4.69) is 9.80 Å². The average molecular weight is 404 g/mol. The summed E-state index contributed by atoms with van der Waals surface area (Å²) in [5.41, 5.74) is 0. The van der Waals surface area contributed by atoms with Gasteiger partial charge in [-0.2, -0.15) is 0 Å². The van der Waals surface area contributed by atoms with E-state index >= 15 is 0 Å². The molecule has 0 amide bonds. The molecule has 3 heterocycles. The van der Waals surface area contributed by atoms with Crippen LogP contribution < -0.4 is 9.47 Å². The van der Waals surface area contributed by atoms with E-state index in [1.54, 1.807) is 12.3 Å². The maximum atomic E-state index is 13.4. The summed E-state index contributed by atoms with van der Waals surface area (Å²) in [5, 5.41) is 10.7. The normalized spacial score (nSPS) is 24.5. The minimum absolute atomic E-state index is 0.315. The summed E-state index contributed by atoms with van der Waals surface area (Å²) in [6.07, 6.45) is 3.73. The van der Waals surface area contributed by atoms with Gasteiger partial charge in [0.05, 0.1) is 19.9 Å². The highest BCUT2D eigenvalue weighted by molar-refractivity contribution is 5.40. The lowest BCUT2D eigenvalue weighted by atomic mass is 9.97. The van der Waals surface area contributed by atoms with Crippen molar-refractivity contribution in [2.24, 2.45) is 0 Å². The van der Waals surface area contributed by atoms with Gasteiger partial charge in [0.1, 0.15) is 23.8 Å². The molecule has 0 spiro atoms. The molecule has 0 saturated carbocycles. The van der Waals surface area contributed by atoms with Crippen LogP contribution in [0.2, 0.25) is 0 Å². The second-order valence-electron chi connectivity index (χ2n) is 7.89. The van der Waals surface area contributed by atoms with Gasteiger partial charge in [-0.3, -0.25) is 9.80 Å². The van der Waals surface area contributed by atoms with Crippen molar-refractivity contribution in [1.82, 2.24) is 9.80 Å². The quantitative estimate of drug-likeness (QED) is 0.799. The molecule has 1 aromatic heterocycles. The van der Waals surface area contributed by atoms with Crippen LogP contribution in [0.3, 0.4) is 0 Å². The Balaban J connectivity index is 1.27.